The Labute approximate surface area is 59.5 Å². The van der Waals surface area contributed by atoms with Crippen molar-refractivity contribution in [2.75, 3.05) is 0 Å². The SMILES string of the molecule is OB(O)C1=C(O)CCC=C1. The van der Waals surface area contributed by atoms with Crippen LogP contribution in [0.5, 0.6) is 0 Å². The monoisotopic (exact) mass is 140 g/mol. The Morgan fingerprint density at radius 1 is 1.40 bits per heavy atom. The van der Waals surface area contributed by atoms with Crippen LogP contribution >= 0.6 is 0 Å². The highest BCUT2D eigenvalue weighted by Gasteiger charge is 2.18. The smallest absolute Gasteiger partial charge is 0.491 e. The summed E-state index contributed by atoms with van der Waals surface area (Å²) < 4.78 is 0. The van der Waals surface area contributed by atoms with Gasteiger partial charge >= 0.3 is 7.12 Å². The molecule has 3 N–H and O–H groups in total. The first-order chi connectivity index (χ1) is 4.72. The van der Waals surface area contributed by atoms with Gasteiger partial charge in [0.25, 0.3) is 0 Å². The summed E-state index contributed by atoms with van der Waals surface area (Å²) in [6.45, 7) is 0. The topological polar surface area (TPSA) is 60.7 Å². The summed E-state index contributed by atoms with van der Waals surface area (Å²) in [5.41, 5.74) is 0.214. The van der Waals surface area contributed by atoms with Gasteiger partial charge in [0.2, 0.25) is 0 Å². The van der Waals surface area contributed by atoms with E-state index in [1.807, 2.05) is 0 Å². The van der Waals surface area contributed by atoms with Crippen LogP contribution in [0.3, 0.4) is 0 Å². The average Bonchev–Trinajstić information content (AvgIpc) is 1.88. The summed E-state index contributed by atoms with van der Waals surface area (Å²) >= 11 is 0. The molecule has 0 saturated heterocycles. The molecule has 0 amide bonds. The summed E-state index contributed by atoms with van der Waals surface area (Å²) in [6, 6.07) is 0. The lowest BCUT2D eigenvalue weighted by atomic mass is 9.76. The molecule has 0 aromatic carbocycles. The molecule has 0 unspecified atom stereocenters. The van der Waals surface area contributed by atoms with E-state index >= 15 is 0 Å². The summed E-state index contributed by atoms with van der Waals surface area (Å²) in [5, 5.41) is 26.3. The van der Waals surface area contributed by atoms with Crippen molar-refractivity contribution in [3.63, 3.8) is 0 Å². The van der Waals surface area contributed by atoms with Crippen LogP contribution in [0.2, 0.25) is 0 Å². The van der Waals surface area contributed by atoms with Gasteiger partial charge in [-0.3, -0.25) is 0 Å². The van der Waals surface area contributed by atoms with E-state index in [0.29, 0.717) is 6.42 Å². The van der Waals surface area contributed by atoms with E-state index in [1.165, 1.54) is 6.08 Å². The van der Waals surface area contributed by atoms with E-state index in [4.69, 9.17) is 15.2 Å². The molecule has 0 saturated carbocycles. The van der Waals surface area contributed by atoms with Crippen LogP contribution < -0.4 is 0 Å². The second kappa shape index (κ2) is 2.90. The van der Waals surface area contributed by atoms with Crippen LogP contribution in [0, 0.1) is 0 Å². The van der Waals surface area contributed by atoms with Gasteiger partial charge in [-0.05, 0) is 6.42 Å². The summed E-state index contributed by atoms with van der Waals surface area (Å²) in [5.74, 6) is 0.0810. The molecular formula is C6H9BO3. The van der Waals surface area contributed by atoms with Gasteiger partial charge in [-0.2, -0.15) is 0 Å². The van der Waals surface area contributed by atoms with Crippen LogP contribution in [-0.4, -0.2) is 22.3 Å². The third kappa shape index (κ3) is 1.40. The van der Waals surface area contributed by atoms with Gasteiger partial charge in [0.05, 0.1) is 5.76 Å². The molecule has 0 aliphatic heterocycles. The number of allylic oxidation sites excluding steroid dienone is 4. The number of hydrogen-bond donors (Lipinski definition) is 3. The zero-order valence-electron chi connectivity index (χ0n) is 5.49. The Bertz CT molecular complexity index is 183. The molecule has 0 radical (unpaired) electrons. The van der Waals surface area contributed by atoms with Crippen LogP contribution in [0.25, 0.3) is 0 Å². The van der Waals surface area contributed by atoms with Crippen molar-refractivity contribution in [3.05, 3.63) is 23.4 Å². The van der Waals surface area contributed by atoms with E-state index in [9.17, 15) is 0 Å². The van der Waals surface area contributed by atoms with Crippen LogP contribution in [0.15, 0.2) is 23.4 Å². The maximum absolute atomic E-state index is 9.05. The van der Waals surface area contributed by atoms with E-state index in [1.54, 1.807) is 6.08 Å². The molecule has 3 nitrogen and oxygen atoms in total. The Hall–Kier alpha value is -0.735. The van der Waals surface area contributed by atoms with Crippen molar-refractivity contribution in [2.45, 2.75) is 12.8 Å². The third-order valence-electron chi connectivity index (χ3n) is 1.46. The van der Waals surface area contributed by atoms with Crippen LogP contribution in [0.1, 0.15) is 12.8 Å². The highest BCUT2D eigenvalue weighted by Crippen LogP contribution is 2.16. The first kappa shape index (κ1) is 7.37. The van der Waals surface area contributed by atoms with Crippen LogP contribution in [-0.2, 0) is 0 Å². The van der Waals surface area contributed by atoms with E-state index in [2.05, 4.69) is 0 Å². The maximum Gasteiger partial charge on any atom is 0.491 e. The Kier molecular flexibility index (Phi) is 2.14. The number of hydrogen-bond acceptors (Lipinski definition) is 3. The molecule has 0 spiro atoms. The molecule has 0 fully saturated rings. The molecule has 10 heavy (non-hydrogen) atoms. The largest absolute Gasteiger partial charge is 0.513 e. The average molecular weight is 140 g/mol. The zero-order valence-corrected chi connectivity index (χ0v) is 5.49. The molecule has 54 valence electrons. The Balaban J connectivity index is 2.79. The molecule has 1 rings (SSSR count). The molecule has 0 bridgehead atoms. The number of rotatable bonds is 1. The summed E-state index contributed by atoms with van der Waals surface area (Å²) in [7, 11) is -1.54. The predicted octanol–water partition coefficient (Wildman–Crippen LogP) is 0.161. The van der Waals surface area contributed by atoms with Crippen molar-refractivity contribution < 1.29 is 15.2 Å². The maximum atomic E-state index is 9.05. The normalized spacial score (nSPS) is 17.8. The molecule has 0 heterocycles. The number of aliphatic hydroxyl groups is 1. The minimum atomic E-state index is -1.54. The molecule has 1 aliphatic carbocycles. The molecule has 1 aliphatic rings. The van der Waals surface area contributed by atoms with Crippen molar-refractivity contribution in [1.29, 1.82) is 0 Å². The minimum Gasteiger partial charge on any atom is -0.513 e. The van der Waals surface area contributed by atoms with Gasteiger partial charge in [-0.1, -0.05) is 12.2 Å². The van der Waals surface area contributed by atoms with Gasteiger partial charge in [0, 0.05) is 11.9 Å². The fourth-order valence-electron chi connectivity index (χ4n) is 0.906. The quantitative estimate of drug-likeness (QED) is 0.454. The summed E-state index contributed by atoms with van der Waals surface area (Å²) in [6.07, 6.45) is 4.60. The molecule has 0 aromatic heterocycles. The first-order valence-electron chi connectivity index (χ1n) is 3.16. The van der Waals surface area contributed by atoms with E-state index in [0.717, 1.165) is 6.42 Å². The molecular weight excluding hydrogens is 131 g/mol. The van der Waals surface area contributed by atoms with Crippen LogP contribution in [0.4, 0.5) is 0 Å². The van der Waals surface area contributed by atoms with Crippen molar-refractivity contribution in [3.8, 4) is 0 Å². The van der Waals surface area contributed by atoms with Crippen molar-refractivity contribution in [2.24, 2.45) is 0 Å². The second-order valence-corrected chi connectivity index (χ2v) is 2.22. The highest BCUT2D eigenvalue weighted by molar-refractivity contribution is 6.52. The zero-order chi connectivity index (χ0) is 7.56. The molecule has 0 aromatic rings. The first-order valence-corrected chi connectivity index (χ1v) is 3.16. The van der Waals surface area contributed by atoms with Crippen molar-refractivity contribution >= 4 is 7.12 Å². The van der Waals surface area contributed by atoms with Gasteiger partial charge in [-0.25, -0.2) is 0 Å². The number of aliphatic hydroxyl groups excluding tert-OH is 1. The molecule has 0 atom stereocenters. The lowest BCUT2D eigenvalue weighted by molar-refractivity contribution is 0.372. The lowest BCUT2D eigenvalue weighted by Gasteiger charge is -2.08. The highest BCUT2D eigenvalue weighted by atomic mass is 16.4. The van der Waals surface area contributed by atoms with Crippen molar-refractivity contribution in [1.82, 2.24) is 0 Å². The second-order valence-electron chi connectivity index (χ2n) is 2.22. The Morgan fingerprint density at radius 2 is 2.10 bits per heavy atom. The fraction of sp³-hybridized carbons (Fsp3) is 0.333. The third-order valence-corrected chi connectivity index (χ3v) is 1.46. The van der Waals surface area contributed by atoms with Gasteiger partial charge < -0.3 is 15.2 Å². The predicted molar refractivity (Wildman–Crippen MR) is 38.2 cm³/mol. The van der Waals surface area contributed by atoms with Gasteiger partial charge in [-0.15, -0.1) is 0 Å². The minimum absolute atomic E-state index is 0.0810. The fourth-order valence-corrected chi connectivity index (χ4v) is 0.906. The molecule has 4 heteroatoms. The van der Waals surface area contributed by atoms with Gasteiger partial charge in [0.1, 0.15) is 0 Å². The van der Waals surface area contributed by atoms with E-state index < -0.39 is 7.12 Å². The Morgan fingerprint density at radius 3 is 2.50 bits per heavy atom. The standard InChI is InChI=1S/C6H9BO3/c8-6-4-2-1-3-5(6)7(9)10/h1,3,8-10H,2,4H2. The lowest BCUT2D eigenvalue weighted by Crippen LogP contribution is -2.17. The van der Waals surface area contributed by atoms with Gasteiger partial charge in [0.15, 0.2) is 0 Å². The van der Waals surface area contributed by atoms with E-state index in [-0.39, 0.29) is 11.2 Å². The summed E-state index contributed by atoms with van der Waals surface area (Å²) in [4.78, 5) is 0.